The molecule has 0 spiro atoms. The van der Waals surface area contributed by atoms with Crippen molar-refractivity contribution in [2.45, 2.75) is 0 Å². The Morgan fingerprint density at radius 3 is 2.67 bits per heavy atom. The van der Waals surface area contributed by atoms with Gasteiger partial charge in [0.1, 0.15) is 5.69 Å². The number of nitrogens with zero attached hydrogens (tertiary/aromatic N) is 3. The van der Waals surface area contributed by atoms with Gasteiger partial charge in [-0.3, -0.25) is 0 Å². The standard InChI is InChI=1S/C6H6N4O2/c1-7-6-5(10-12)2-4(9-11)3-8-6/h2-3H,1H3,(H,7,8). The predicted octanol–water partition coefficient (Wildman–Crippen LogP) is 1.92. The van der Waals surface area contributed by atoms with Crippen LogP contribution in [0.3, 0.4) is 0 Å². The van der Waals surface area contributed by atoms with Crippen molar-refractivity contribution in [3.63, 3.8) is 0 Å². The third-order valence-electron chi connectivity index (χ3n) is 1.29. The molecule has 0 radical (unpaired) electrons. The molecule has 1 rings (SSSR count). The van der Waals surface area contributed by atoms with E-state index in [1.54, 1.807) is 7.05 Å². The normalized spacial score (nSPS) is 9.08. The van der Waals surface area contributed by atoms with Crippen LogP contribution in [0.4, 0.5) is 17.2 Å². The fraction of sp³-hybridized carbons (Fsp3) is 0.167. The second kappa shape index (κ2) is 3.51. The Morgan fingerprint density at radius 2 is 2.17 bits per heavy atom. The van der Waals surface area contributed by atoms with Crippen molar-refractivity contribution in [2.24, 2.45) is 10.4 Å². The summed E-state index contributed by atoms with van der Waals surface area (Å²) >= 11 is 0. The highest BCUT2D eigenvalue weighted by Gasteiger charge is 2.03. The summed E-state index contributed by atoms with van der Waals surface area (Å²) in [5, 5.41) is 7.94. The Bertz CT molecular complexity index is 312. The molecule has 0 aliphatic heterocycles. The fourth-order valence-corrected chi connectivity index (χ4v) is 0.755. The minimum Gasteiger partial charge on any atom is -0.371 e. The topological polar surface area (TPSA) is 83.8 Å². The molecular formula is C6H6N4O2. The van der Waals surface area contributed by atoms with E-state index in [0.29, 0.717) is 5.82 Å². The molecule has 0 bridgehead atoms. The van der Waals surface area contributed by atoms with Gasteiger partial charge in [-0.05, 0) is 10.4 Å². The number of aromatic nitrogens is 1. The van der Waals surface area contributed by atoms with E-state index in [1.807, 2.05) is 0 Å². The van der Waals surface area contributed by atoms with Crippen LogP contribution >= 0.6 is 0 Å². The summed E-state index contributed by atoms with van der Waals surface area (Å²) in [6, 6.07) is 1.26. The van der Waals surface area contributed by atoms with Crippen LogP contribution in [0, 0.1) is 9.81 Å². The van der Waals surface area contributed by atoms with Crippen LogP contribution in [0.25, 0.3) is 0 Å². The van der Waals surface area contributed by atoms with Crippen molar-refractivity contribution >= 4 is 17.2 Å². The molecule has 0 unspecified atom stereocenters. The molecule has 0 fully saturated rings. The van der Waals surface area contributed by atoms with Gasteiger partial charge in [0.2, 0.25) is 0 Å². The molecule has 12 heavy (non-hydrogen) atoms. The van der Waals surface area contributed by atoms with Gasteiger partial charge in [0.05, 0.1) is 6.20 Å². The average Bonchev–Trinajstić information content (AvgIpc) is 2.16. The summed E-state index contributed by atoms with van der Waals surface area (Å²) in [5.74, 6) is 0.331. The molecule has 0 saturated heterocycles. The lowest BCUT2D eigenvalue weighted by molar-refractivity contribution is 1.25. The third-order valence-corrected chi connectivity index (χ3v) is 1.29. The van der Waals surface area contributed by atoms with Crippen LogP contribution in [-0.2, 0) is 0 Å². The molecule has 6 heteroatoms. The Balaban J connectivity index is 3.18. The van der Waals surface area contributed by atoms with E-state index >= 15 is 0 Å². The van der Waals surface area contributed by atoms with Crippen molar-refractivity contribution < 1.29 is 0 Å². The van der Waals surface area contributed by atoms with Gasteiger partial charge in [0.25, 0.3) is 0 Å². The first-order valence-electron chi connectivity index (χ1n) is 3.16. The van der Waals surface area contributed by atoms with Crippen molar-refractivity contribution in [1.82, 2.24) is 4.98 Å². The Morgan fingerprint density at radius 1 is 1.42 bits per heavy atom. The lowest BCUT2D eigenvalue weighted by Gasteiger charge is -1.99. The van der Waals surface area contributed by atoms with Crippen molar-refractivity contribution in [2.75, 3.05) is 12.4 Å². The van der Waals surface area contributed by atoms with Gasteiger partial charge < -0.3 is 5.32 Å². The van der Waals surface area contributed by atoms with Gasteiger partial charge in [0.15, 0.2) is 11.5 Å². The first-order valence-corrected chi connectivity index (χ1v) is 3.16. The Kier molecular flexibility index (Phi) is 2.42. The van der Waals surface area contributed by atoms with E-state index in [2.05, 4.69) is 20.7 Å². The summed E-state index contributed by atoms with van der Waals surface area (Å²) in [6.45, 7) is 0. The molecule has 1 N–H and O–H groups in total. The maximum atomic E-state index is 10.2. The van der Waals surface area contributed by atoms with Gasteiger partial charge in [0, 0.05) is 13.1 Å². The van der Waals surface area contributed by atoms with Crippen LogP contribution in [0.15, 0.2) is 22.6 Å². The van der Waals surface area contributed by atoms with E-state index in [4.69, 9.17) is 0 Å². The van der Waals surface area contributed by atoms with E-state index in [0.717, 1.165) is 0 Å². The van der Waals surface area contributed by atoms with Crippen molar-refractivity contribution in [1.29, 1.82) is 0 Å². The largest absolute Gasteiger partial charge is 0.371 e. The maximum absolute atomic E-state index is 10.2. The molecule has 62 valence electrons. The summed E-state index contributed by atoms with van der Waals surface area (Å²) in [6.07, 6.45) is 1.26. The number of hydrogen-bond acceptors (Lipinski definition) is 6. The van der Waals surface area contributed by atoms with Gasteiger partial charge in [-0.2, -0.15) is 0 Å². The highest BCUT2D eigenvalue weighted by atomic mass is 16.3. The lowest BCUT2D eigenvalue weighted by Crippen LogP contribution is -1.91. The number of hydrogen-bond donors (Lipinski definition) is 1. The SMILES string of the molecule is CNc1ncc(N=O)cc1N=O. The summed E-state index contributed by atoms with van der Waals surface area (Å²) in [7, 11) is 1.60. The zero-order valence-electron chi connectivity index (χ0n) is 6.31. The van der Waals surface area contributed by atoms with Crippen LogP contribution in [0.2, 0.25) is 0 Å². The van der Waals surface area contributed by atoms with Crippen LogP contribution in [-0.4, -0.2) is 12.0 Å². The quantitative estimate of drug-likeness (QED) is 0.695. The second-order valence-electron chi connectivity index (χ2n) is 1.99. The number of rotatable bonds is 3. The van der Waals surface area contributed by atoms with Crippen LogP contribution in [0.5, 0.6) is 0 Å². The number of anilines is 1. The third kappa shape index (κ3) is 1.42. The molecule has 1 aromatic heterocycles. The molecule has 0 atom stereocenters. The highest BCUT2D eigenvalue weighted by molar-refractivity contribution is 5.64. The Labute approximate surface area is 68.0 Å². The zero-order valence-corrected chi connectivity index (χ0v) is 6.31. The Hall–Kier alpha value is -1.85. The lowest BCUT2D eigenvalue weighted by atomic mass is 10.3. The van der Waals surface area contributed by atoms with Crippen LogP contribution in [0.1, 0.15) is 0 Å². The molecule has 0 aliphatic rings. The summed E-state index contributed by atoms with van der Waals surface area (Å²) < 4.78 is 0. The average molecular weight is 166 g/mol. The first kappa shape index (κ1) is 8.25. The van der Waals surface area contributed by atoms with Crippen molar-refractivity contribution in [3.8, 4) is 0 Å². The minimum atomic E-state index is 0.0783. The fourth-order valence-electron chi connectivity index (χ4n) is 0.755. The molecule has 0 aliphatic carbocycles. The monoisotopic (exact) mass is 166 g/mol. The van der Waals surface area contributed by atoms with Gasteiger partial charge >= 0.3 is 0 Å². The molecule has 1 aromatic rings. The summed E-state index contributed by atoms with van der Waals surface area (Å²) in [4.78, 5) is 23.9. The number of pyridine rings is 1. The van der Waals surface area contributed by atoms with Gasteiger partial charge in [-0.1, -0.05) is 0 Å². The van der Waals surface area contributed by atoms with Crippen LogP contribution < -0.4 is 5.32 Å². The molecule has 0 amide bonds. The maximum Gasteiger partial charge on any atom is 0.155 e. The number of nitroso groups, excluding NO2 is 2. The molecule has 1 heterocycles. The first-order chi connectivity index (χ1) is 5.81. The summed E-state index contributed by atoms with van der Waals surface area (Å²) in [5.41, 5.74) is 0.165. The van der Waals surface area contributed by atoms with Gasteiger partial charge in [-0.25, -0.2) is 4.98 Å². The molecule has 0 aromatic carbocycles. The number of nitrogens with one attached hydrogen (secondary N) is 1. The molecular weight excluding hydrogens is 160 g/mol. The smallest absolute Gasteiger partial charge is 0.155 e. The van der Waals surface area contributed by atoms with E-state index in [1.165, 1.54) is 12.3 Å². The second-order valence-corrected chi connectivity index (χ2v) is 1.99. The van der Waals surface area contributed by atoms with Crippen molar-refractivity contribution in [3.05, 3.63) is 22.1 Å². The molecule has 6 nitrogen and oxygen atoms in total. The minimum absolute atomic E-state index is 0.0783. The zero-order chi connectivity index (χ0) is 8.97. The molecule has 0 saturated carbocycles. The van der Waals surface area contributed by atoms with E-state index < -0.39 is 0 Å². The van der Waals surface area contributed by atoms with Gasteiger partial charge in [-0.15, -0.1) is 9.81 Å². The predicted molar refractivity (Wildman–Crippen MR) is 44.7 cm³/mol. The van der Waals surface area contributed by atoms with E-state index in [9.17, 15) is 9.81 Å². The van der Waals surface area contributed by atoms with E-state index in [-0.39, 0.29) is 11.4 Å². The highest BCUT2D eigenvalue weighted by Crippen LogP contribution is 2.26.